The van der Waals surface area contributed by atoms with Crippen LogP contribution in [0.15, 0.2) is 31.2 Å². The minimum absolute atomic E-state index is 0.00417. The van der Waals surface area contributed by atoms with E-state index >= 15 is 0 Å². The first-order valence-corrected chi connectivity index (χ1v) is 19.6. The summed E-state index contributed by atoms with van der Waals surface area (Å²) >= 11 is 0. The first-order chi connectivity index (χ1) is 24.5. The van der Waals surface area contributed by atoms with Gasteiger partial charge >= 0.3 is 0 Å². The molecule has 6 atom stereocenters. The van der Waals surface area contributed by atoms with Crippen molar-refractivity contribution in [3.8, 4) is 0 Å². The fourth-order valence-corrected chi connectivity index (χ4v) is 9.30. The molecule has 0 unspecified atom stereocenters. The quantitative estimate of drug-likeness (QED) is 0.206. The van der Waals surface area contributed by atoms with Gasteiger partial charge in [-0.05, 0) is 55.3 Å². The van der Waals surface area contributed by atoms with E-state index in [9.17, 15) is 28.8 Å². The second-order valence-electron chi connectivity index (χ2n) is 16.2. The smallest absolute Gasteiger partial charge is 0.272 e. The molecule has 2 aliphatic heterocycles. The van der Waals surface area contributed by atoms with Crippen LogP contribution in [-0.2, 0) is 24.0 Å². The molecule has 278 valence electrons. The Labute approximate surface area is 303 Å². The summed E-state index contributed by atoms with van der Waals surface area (Å²) in [5, 5.41) is 2.98. The number of piperidine rings is 1. The Morgan fingerprint density at radius 1 is 0.941 bits per heavy atom. The molecule has 0 aromatic carbocycles. The van der Waals surface area contributed by atoms with Crippen LogP contribution in [0.5, 0.6) is 0 Å². The maximum atomic E-state index is 14.6. The Morgan fingerprint density at radius 2 is 1.59 bits per heavy atom. The van der Waals surface area contributed by atoms with Crippen LogP contribution in [0.25, 0.3) is 0 Å². The van der Waals surface area contributed by atoms with Gasteiger partial charge in [0.05, 0.1) is 18.3 Å². The van der Waals surface area contributed by atoms with E-state index in [1.54, 1.807) is 11.0 Å². The minimum atomic E-state index is -0.735. The second-order valence-corrected chi connectivity index (χ2v) is 16.2. The van der Waals surface area contributed by atoms with E-state index in [1.165, 1.54) is 18.6 Å². The number of ketones is 4. The SMILES string of the molecule is C=CCCC(=O)C(=O)[C@@H]1CCCCCCCCC[C@H](CC(=O)[C@@H](NC(=O)c2cnccn2)C2CCCCC2)C(=O)N2C[C@H]3[C@@H]([C@H]2C(=O)C1)C3(C)C. The fraction of sp³-hybridized carbons (Fsp3) is 0.707. The van der Waals surface area contributed by atoms with Gasteiger partial charge in [-0.1, -0.05) is 84.1 Å². The summed E-state index contributed by atoms with van der Waals surface area (Å²) < 4.78 is 0. The summed E-state index contributed by atoms with van der Waals surface area (Å²) in [6.07, 6.45) is 18.6. The zero-order chi connectivity index (χ0) is 36.5. The van der Waals surface area contributed by atoms with Gasteiger partial charge in [0.25, 0.3) is 5.91 Å². The van der Waals surface area contributed by atoms with Crippen LogP contribution in [0, 0.1) is 35.0 Å². The van der Waals surface area contributed by atoms with Crippen molar-refractivity contribution < 1.29 is 28.8 Å². The number of fused-ring (bicyclic) bond motifs is 3. The standard InChI is InChI=1S/C41H58N4O6/c1-4-5-20-32(46)38(49)28-18-12-9-7-6-8-10-13-19-29(40(51)45-26-30-35(41(30,2)3)37(45)34(48)23-28)24-33(47)36(27-16-14-11-15-17-27)44-39(50)31-25-42-21-22-43-31/h4,21-22,25,27-30,35-37H,1,5-20,23-24,26H2,2-3H3,(H,44,50)/t28-,29-,30+,35+,36+,37-/m1/s1. The molecular weight excluding hydrogens is 644 g/mol. The molecule has 2 saturated carbocycles. The number of nitrogens with one attached hydrogen (secondary N) is 1. The lowest BCUT2D eigenvalue weighted by Gasteiger charge is -2.34. The first-order valence-electron chi connectivity index (χ1n) is 19.6. The Bertz CT molecular complexity index is 1440. The summed E-state index contributed by atoms with van der Waals surface area (Å²) in [6, 6.07) is -1.41. The maximum absolute atomic E-state index is 14.6. The van der Waals surface area contributed by atoms with E-state index in [2.05, 4.69) is 35.7 Å². The normalized spacial score (nSPS) is 28.2. The highest BCUT2D eigenvalue weighted by Crippen LogP contribution is 2.65. The number of Topliss-reactive ketones (excluding diaryl/α,β-unsaturated/α-hetero) is 4. The van der Waals surface area contributed by atoms with Crippen molar-refractivity contribution in [3.63, 3.8) is 0 Å². The van der Waals surface area contributed by atoms with Crippen molar-refractivity contribution in [3.05, 3.63) is 36.9 Å². The lowest BCUT2D eigenvalue weighted by atomic mass is 9.79. The highest BCUT2D eigenvalue weighted by Gasteiger charge is 2.69. The van der Waals surface area contributed by atoms with Gasteiger partial charge in [-0.2, -0.15) is 0 Å². The number of carbonyl (C=O) groups is 6. The van der Waals surface area contributed by atoms with Crippen LogP contribution in [0.1, 0.15) is 140 Å². The molecule has 5 rings (SSSR count). The van der Waals surface area contributed by atoms with Crippen molar-refractivity contribution >= 4 is 34.9 Å². The maximum Gasteiger partial charge on any atom is 0.272 e. The Balaban J connectivity index is 1.39. The molecule has 0 bridgehead atoms. The summed E-state index contributed by atoms with van der Waals surface area (Å²) in [7, 11) is 0. The van der Waals surface area contributed by atoms with Crippen LogP contribution in [0.4, 0.5) is 0 Å². The Morgan fingerprint density at radius 3 is 2.25 bits per heavy atom. The van der Waals surface area contributed by atoms with E-state index in [4.69, 9.17) is 0 Å². The molecule has 1 aromatic heterocycles. The van der Waals surface area contributed by atoms with Crippen molar-refractivity contribution in [1.82, 2.24) is 20.2 Å². The van der Waals surface area contributed by atoms with E-state index < -0.39 is 41.4 Å². The molecular formula is C41H58N4O6. The average Bonchev–Trinajstić information content (AvgIpc) is 3.43. The molecule has 3 heterocycles. The molecule has 10 heteroatoms. The van der Waals surface area contributed by atoms with E-state index in [0.29, 0.717) is 25.8 Å². The number of nitrogens with zero attached hydrogens (tertiary/aromatic N) is 3. The number of aromatic nitrogens is 2. The number of hydrogen-bond donors (Lipinski definition) is 1. The van der Waals surface area contributed by atoms with Crippen LogP contribution < -0.4 is 5.32 Å². The number of carbonyl (C=O) groups excluding carboxylic acids is 6. The van der Waals surface area contributed by atoms with Crippen molar-refractivity contribution in [1.29, 1.82) is 0 Å². The van der Waals surface area contributed by atoms with Crippen molar-refractivity contribution in [2.24, 2.45) is 35.0 Å². The van der Waals surface area contributed by atoms with Gasteiger partial charge in [-0.25, -0.2) is 4.98 Å². The summed E-state index contributed by atoms with van der Waals surface area (Å²) in [6.45, 7) is 8.38. The Kier molecular flexibility index (Phi) is 13.5. The molecule has 2 saturated heterocycles. The first kappa shape index (κ1) is 38.7. The summed E-state index contributed by atoms with van der Waals surface area (Å²) in [5.41, 5.74) is 0.0329. The zero-order valence-corrected chi connectivity index (χ0v) is 30.8. The molecule has 1 N–H and O–H groups in total. The zero-order valence-electron chi connectivity index (χ0n) is 30.8. The van der Waals surface area contributed by atoms with Crippen LogP contribution in [0.3, 0.4) is 0 Å². The second kappa shape index (κ2) is 17.8. The third-order valence-electron chi connectivity index (χ3n) is 12.4. The number of hydrogen-bond acceptors (Lipinski definition) is 8. The van der Waals surface area contributed by atoms with E-state index in [-0.39, 0.29) is 65.6 Å². The number of allylic oxidation sites excluding steroid dienone is 1. The predicted octanol–water partition coefficient (Wildman–Crippen LogP) is 6.42. The highest BCUT2D eigenvalue weighted by atomic mass is 16.2. The van der Waals surface area contributed by atoms with Crippen molar-refractivity contribution in [2.45, 2.75) is 142 Å². The molecule has 4 aliphatic rings. The van der Waals surface area contributed by atoms with Gasteiger partial charge in [-0.15, -0.1) is 6.58 Å². The van der Waals surface area contributed by atoms with Crippen LogP contribution in [-0.4, -0.2) is 68.4 Å². The third kappa shape index (κ3) is 9.46. The largest absolute Gasteiger partial charge is 0.341 e. The highest BCUT2D eigenvalue weighted by molar-refractivity contribution is 6.38. The fourth-order valence-electron chi connectivity index (χ4n) is 9.30. The van der Waals surface area contributed by atoms with Gasteiger partial charge < -0.3 is 10.2 Å². The van der Waals surface area contributed by atoms with Crippen LogP contribution >= 0.6 is 0 Å². The third-order valence-corrected chi connectivity index (χ3v) is 12.4. The van der Waals surface area contributed by atoms with E-state index in [0.717, 1.165) is 77.0 Å². The summed E-state index contributed by atoms with van der Waals surface area (Å²) in [4.78, 5) is 92.6. The lowest BCUT2D eigenvalue weighted by molar-refractivity contribution is -0.146. The molecule has 2 aliphatic carbocycles. The molecule has 4 fully saturated rings. The van der Waals surface area contributed by atoms with E-state index in [1.807, 2.05) is 0 Å². The average molecular weight is 703 g/mol. The lowest BCUT2D eigenvalue weighted by Crippen LogP contribution is -2.50. The molecule has 0 radical (unpaired) electrons. The topological polar surface area (TPSA) is 143 Å². The Hall–Kier alpha value is -3.56. The summed E-state index contributed by atoms with van der Waals surface area (Å²) in [5.74, 6) is -3.03. The number of rotatable bonds is 11. The van der Waals surface area contributed by atoms with Gasteiger partial charge in [0.2, 0.25) is 11.7 Å². The molecule has 2 amide bonds. The molecule has 51 heavy (non-hydrogen) atoms. The molecule has 10 nitrogen and oxygen atoms in total. The molecule has 0 spiro atoms. The van der Waals surface area contributed by atoms with Gasteiger partial charge in [-0.3, -0.25) is 33.8 Å². The number of amides is 2. The molecule has 1 aromatic rings. The van der Waals surface area contributed by atoms with Gasteiger partial charge in [0.15, 0.2) is 17.3 Å². The van der Waals surface area contributed by atoms with Crippen LogP contribution in [0.2, 0.25) is 0 Å². The monoisotopic (exact) mass is 702 g/mol. The van der Waals surface area contributed by atoms with Gasteiger partial charge in [0.1, 0.15) is 5.69 Å². The minimum Gasteiger partial charge on any atom is -0.341 e. The van der Waals surface area contributed by atoms with Gasteiger partial charge in [0, 0.05) is 50.0 Å². The predicted molar refractivity (Wildman–Crippen MR) is 193 cm³/mol. The van der Waals surface area contributed by atoms with Crippen molar-refractivity contribution in [2.75, 3.05) is 6.54 Å².